The third-order valence-electron chi connectivity index (χ3n) is 5.43. The van der Waals surface area contributed by atoms with Crippen molar-refractivity contribution in [2.24, 2.45) is 0 Å². The van der Waals surface area contributed by atoms with Crippen LogP contribution in [0.25, 0.3) is 0 Å². The number of carboxylic acid groups (broad SMARTS) is 1. The lowest BCUT2D eigenvalue weighted by Crippen LogP contribution is -2.48. The molecule has 0 bridgehead atoms. The Morgan fingerprint density at radius 3 is 2.44 bits per heavy atom. The molecule has 0 unspecified atom stereocenters. The first-order chi connectivity index (χ1) is 16.5. The maximum absolute atomic E-state index is 13.7. The molecule has 0 amide bonds. The summed E-state index contributed by atoms with van der Waals surface area (Å²) in [6.07, 6.45) is 1.28. The topological polar surface area (TPSA) is 88.0 Å². The number of ether oxygens (including phenoxy) is 2. The lowest BCUT2D eigenvalue weighted by molar-refractivity contribution is 0.0692. The summed E-state index contributed by atoms with van der Waals surface area (Å²) in [5.41, 5.74) is 0.192. The molecule has 10 heteroatoms. The van der Waals surface area contributed by atoms with E-state index in [1.165, 1.54) is 36.5 Å². The largest absolute Gasteiger partial charge is 0.489 e. The number of piperazine rings is 1. The van der Waals surface area contributed by atoms with E-state index in [0.717, 1.165) is 13.1 Å². The van der Waals surface area contributed by atoms with Crippen LogP contribution >= 0.6 is 0 Å². The summed E-state index contributed by atoms with van der Waals surface area (Å²) in [6.45, 7) is 3.68. The zero-order valence-electron chi connectivity index (χ0n) is 18.4. The molecule has 0 atom stereocenters. The lowest BCUT2D eigenvalue weighted by Gasteiger charge is -2.34. The molecule has 0 spiro atoms. The highest BCUT2D eigenvalue weighted by Gasteiger charge is 2.22. The van der Waals surface area contributed by atoms with Crippen molar-refractivity contribution >= 4 is 11.9 Å². The zero-order chi connectivity index (χ0) is 23.9. The third-order valence-corrected chi connectivity index (χ3v) is 5.43. The molecular weight excluding hydrogens is 446 g/mol. The summed E-state index contributed by atoms with van der Waals surface area (Å²) in [7, 11) is 0. The van der Waals surface area contributed by atoms with Gasteiger partial charge in [-0.3, -0.25) is 4.90 Å². The van der Waals surface area contributed by atoms with E-state index in [-0.39, 0.29) is 35.2 Å². The smallest absolute Gasteiger partial charge is 0.339 e. The molecule has 1 saturated heterocycles. The minimum absolute atomic E-state index is 0.0465. The molecule has 3 aromatic rings. The van der Waals surface area contributed by atoms with Gasteiger partial charge in [0.15, 0.2) is 11.6 Å². The van der Waals surface area contributed by atoms with Gasteiger partial charge in [0, 0.05) is 38.9 Å². The number of carbonyl (C=O) groups is 1. The number of aromatic nitrogens is 2. The summed E-state index contributed by atoms with van der Waals surface area (Å²) in [5, 5.41) is 9.48. The molecule has 0 saturated carbocycles. The summed E-state index contributed by atoms with van der Waals surface area (Å²) in [4.78, 5) is 24.4. The van der Waals surface area contributed by atoms with Gasteiger partial charge in [-0.25, -0.2) is 23.5 Å². The normalized spacial score (nSPS) is 14.1. The van der Waals surface area contributed by atoms with Gasteiger partial charge in [0.1, 0.15) is 30.3 Å². The molecule has 2 heterocycles. The van der Waals surface area contributed by atoms with Crippen molar-refractivity contribution in [2.45, 2.75) is 6.61 Å². The molecule has 1 N–H and O–H groups in total. The van der Waals surface area contributed by atoms with Gasteiger partial charge >= 0.3 is 5.97 Å². The zero-order valence-corrected chi connectivity index (χ0v) is 18.4. The molecule has 178 valence electrons. The maximum Gasteiger partial charge on any atom is 0.339 e. The van der Waals surface area contributed by atoms with Gasteiger partial charge in [-0.15, -0.1) is 0 Å². The van der Waals surface area contributed by atoms with E-state index >= 15 is 0 Å². The number of benzene rings is 2. The average Bonchev–Trinajstić information content (AvgIpc) is 2.85. The van der Waals surface area contributed by atoms with Crippen LogP contribution in [0.1, 0.15) is 16.1 Å². The van der Waals surface area contributed by atoms with Crippen LogP contribution in [0.2, 0.25) is 0 Å². The quantitative estimate of drug-likeness (QED) is 0.510. The number of carboxylic acids is 1. The second-order valence-corrected chi connectivity index (χ2v) is 7.69. The number of halogens is 2. The lowest BCUT2D eigenvalue weighted by atomic mass is 10.2. The van der Waals surface area contributed by atoms with Crippen molar-refractivity contribution in [3.8, 4) is 11.5 Å². The Hall–Kier alpha value is -3.79. The molecule has 4 rings (SSSR count). The van der Waals surface area contributed by atoms with Crippen molar-refractivity contribution < 1.29 is 28.2 Å². The standard InChI is InChI=1S/C24H24F2N4O4/c25-17-5-7-18(8-6-17)34-16-21-19(23(31)32)15-27-24(28-21)30-11-9-29(10-12-30)13-14-33-22-4-2-1-3-20(22)26/h1-8,15H,9-14,16H2,(H,31,32). The van der Waals surface area contributed by atoms with Crippen LogP contribution in [0.3, 0.4) is 0 Å². The van der Waals surface area contributed by atoms with E-state index in [1.807, 2.05) is 4.90 Å². The van der Waals surface area contributed by atoms with Crippen molar-refractivity contribution in [3.05, 3.63) is 77.6 Å². The van der Waals surface area contributed by atoms with E-state index < -0.39 is 5.97 Å². The first-order valence-corrected chi connectivity index (χ1v) is 10.8. The van der Waals surface area contributed by atoms with Gasteiger partial charge in [0.2, 0.25) is 5.95 Å². The Kier molecular flexibility index (Phi) is 7.48. The second kappa shape index (κ2) is 10.9. The number of nitrogens with zero attached hydrogens (tertiary/aromatic N) is 4. The van der Waals surface area contributed by atoms with Crippen LogP contribution in [-0.2, 0) is 6.61 Å². The highest BCUT2D eigenvalue weighted by atomic mass is 19.1. The summed E-state index contributed by atoms with van der Waals surface area (Å²) < 4.78 is 37.9. The van der Waals surface area contributed by atoms with Crippen molar-refractivity contribution in [1.29, 1.82) is 0 Å². The number of aromatic carboxylic acids is 1. The van der Waals surface area contributed by atoms with Crippen molar-refractivity contribution in [3.63, 3.8) is 0 Å². The Balaban J connectivity index is 1.33. The van der Waals surface area contributed by atoms with Crippen LogP contribution in [0.4, 0.5) is 14.7 Å². The number of hydrogen-bond donors (Lipinski definition) is 1. The molecule has 34 heavy (non-hydrogen) atoms. The Morgan fingerprint density at radius 2 is 1.74 bits per heavy atom. The van der Waals surface area contributed by atoms with Gasteiger partial charge in [0.25, 0.3) is 0 Å². The fourth-order valence-electron chi connectivity index (χ4n) is 3.55. The fraction of sp³-hybridized carbons (Fsp3) is 0.292. The minimum Gasteiger partial charge on any atom is -0.489 e. The minimum atomic E-state index is -1.15. The molecule has 1 aliphatic rings. The highest BCUT2D eigenvalue weighted by molar-refractivity contribution is 5.88. The van der Waals surface area contributed by atoms with E-state index in [1.54, 1.807) is 18.2 Å². The Labute approximate surface area is 195 Å². The number of rotatable bonds is 9. The van der Waals surface area contributed by atoms with E-state index in [0.29, 0.717) is 37.9 Å². The predicted octanol–water partition coefficient (Wildman–Crippen LogP) is 3.23. The fourth-order valence-corrected chi connectivity index (χ4v) is 3.55. The second-order valence-electron chi connectivity index (χ2n) is 7.69. The average molecular weight is 470 g/mol. The Morgan fingerprint density at radius 1 is 1.00 bits per heavy atom. The van der Waals surface area contributed by atoms with Crippen LogP contribution < -0.4 is 14.4 Å². The summed E-state index contributed by atoms with van der Waals surface area (Å²) in [5.74, 6) is -0.851. The monoisotopic (exact) mass is 470 g/mol. The molecule has 8 nitrogen and oxygen atoms in total. The maximum atomic E-state index is 13.7. The van der Waals surface area contributed by atoms with Crippen LogP contribution in [0, 0.1) is 11.6 Å². The molecule has 1 aromatic heterocycles. The van der Waals surface area contributed by atoms with Crippen molar-refractivity contribution in [2.75, 3.05) is 44.2 Å². The number of anilines is 1. The van der Waals surface area contributed by atoms with E-state index in [2.05, 4.69) is 14.9 Å². The number of para-hydroxylation sites is 1. The number of hydrogen-bond acceptors (Lipinski definition) is 7. The van der Waals surface area contributed by atoms with Crippen LogP contribution in [-0.4, -0.2) is 65.3 Å². The van der Waals surface area contributed by atoms with Gasteiger partial charge in [-0.2, -0.15) is 0 Å². The predicted molar refractivity (Wildman–Crippen MR) is 120 cm³/mol. The van der Waals surface area contributed by atoms with Gasteiger partial charge < -0.3 is 19.5 Å². The van der Waals surface area contributed by atoms with Gasteiger partial charge in [0.05, 0.1) is 5.69 Å². The SMILES string of the molecule is O=C(O)c1cnc(N2CCN(CCOc3ccccc3F)CC2)nc1COc1ccc(F)cc1. The summed E-state index contributed by atoms with van der Waals surface area (Å²) >= 11 is 0. The molecule has 1 aliphatic heterocycles. The van der Waals surface area contributed by atoms with E-state index in [9.17, 15) is 18.7 Å². The Bertz CT molecular complexity index is 1120. The molecule has 0 aliphatic carbocycles. The van der Waals surface area contributed by atoms with Gasteiger partial charge in [-0.1, -0.05) is 12.1 Å². The molecular formula is C24H24F2N4O4. The molecule has 1 fully saturated rings. The molecule has 2 aromatic carbocycles. The first kappa shape index (κ1) is 23.4. The van der Waals surface area contributed by atoms with Gasteiger partial charge in [-0.05, 0) is 36.4 Å². The van der Waals surface area contributed by atoms with E-state index in [4.69, 9.17) is 9.47 Å². The first-order valence-electron chi connectivity index (χ1n) is 10.8. The third kappa shape index (κ3) is 5.96. The van der Waals surface area contributed by atoms with Crippen molar-refractivity contribution in [1.82, 2.24) is 14.9 Å². The van der Waals surface area contributed by atoms with Crippen LogP contribution in [0.15, 0.2) is 54.7 Å². The molecule has 0 radical (unpaired) electrons. The summed E-state index contributed by atoms with van der Waals surface area (Å²) in [6, 6.07) is 11.8. The highest BCUT2D eigenvalue weighted by Crippen LogP contribution is 2.19. The van der Waals surface area contributed by atoms with Crippen LogP contribution in [0.5, 0.6) is 11.5 Å².